The van der Waals surface area contributed by atoms with Crippen LogP contribution in [0.2, 0.25) is 0 Å². The fourth-order valence-electron chi connectivity index (χ4n) is 1.93. The molecule has 1 rings (SSSR count). The first-order chi connectivity index (χ1) is 8.10. The maximum atomic E-state index is 12.0. The lowest BCUT2D eigenvalue weighted by atomic mass is 10.1. The van der Waals surface area contributed by atoms with Gasteiger partial charge < -0.3 is 15.5 Å². The van der Waals surface area contributed by atoms with Gasteiger partial charge in [-0.05, 0) is 19.8 Å². The van der Waals surface area contributed by atoms with E-state index in [-0.39, 0.29) is 17.9 Å². The fourth-order valence-corrected chi connectivity index (χ4v) is 1.93. The first-order valence-corrected chi connectivity index (χ1v) is 6.40. The molecule has 0 aliphatic carbocycles. The van der Waals surface area contributed by atoms with Crippen LogP contribution in [0.4, 0.5) is 0 Å². The van der Waals surface area contributed by atoms with Gasteiger partial charge in [0.2, 0.25) is 11.8 Å². The highest BCUT2D eigenvalue weighted by Crippen LogP contribution is 2.08. The largest absolute Gasteiger partial charge is 0.353 e. The summed E-state index contributed by atoms with van der Waals surface area (Å²) < 4.78 is 0. The van der Waals surface area contributed by atoms with Crippen LogP contribution in [0.25, 0.3) is 0 Å². The number of piperazine rings is 1. The summed E-state index contributed by atoms with van der Waals surface area (Å²) in [6.07, 6.45) is 1.66. The molecule has 1 fully saturated rings. The van der Waals surface area contributed by atoms with Gasteiger partial charge in [-0.2, -0.15) is 0 Å². The number of hydrogen-bond donors (Lipinski definition) is 2. The number of hydrogen-bond acceptors (Lipinski definition) is 3. The van der Waals surface area contributed by atoms with Crippen molar-refractivity contribution < 1.29 is 9.59 Å². The van der Waals surface area contributed by atoms with E-state index in [0.29, 0.717) is 32.1 Å². The number of nitrogens with one attached hydrogen (secondary N) is 2. The molecule has 0 bridgehead atoms. The molecule has 0 radical (unpaired) electrons. The molecule has 0 aromatic heterocycles. The van der Waals surface area contributed by atoms with Crippen LogP contribution in [-0.4, -0.2) is 48.4 Å². The monoisotopic (exact) mass is 241 g/mol. The van der Waals surface area contributed by atoms with Crippen LogP contribution in [0.15, 0.2) is 0 Å². The number of carbonyl (C=O) groups excluding carboxylic acids is 2. The van der Waals surface area contributed by atoms with E-state index in [1.165, 1.54) is 0 Å². The highest BCUT2D eigenvalue weighted by Gasteiger charge is 2.31. The third kappa shape index (κ3) is 3.70. The lowest BCUT2D eigenvalue weighted by molar-refractivity contribution is -0.142. The van der Waals surface area contributed by atoms with E-state index < -0.39 is 0 Å². The van der Waals surface area contributed by atoms with Gasteiger partial charge in [0, 0.05) is 19.1 Å². The molecule has 98 valence electrons. The molecule has 2 atom stereocenters. The normalized spacial score (nSPS) is 22.2. The van der Waals surface area contributed by atoms with Crippen LogP contribution in [0, 0.1) is 0 Å². The lowest BCUT2D eigenvalue weighted by Crippen LogP contribution is -2.58. The summed E-state index contributed by atoms with van der Waals surface area (Å²) in [5.41, 5.74) is 0. The van der Waals surface area contributed by atoms with Crippen molar-refractivity contribution >= 4 is 11.8 Å². The summed E-state index contributed by atoms with van der Waals surface area (Å²) in [6, 6.07) is 0.0348. The van der Waals surface area contributed by atoms with Crippen molar-refractivity contribution in [3.63, 3.8) is 0 Å². The van der Waals surface area contributed by atoms with Crippen molar-refractivity contribution in [2.45, 2.75) is 45.7 Å². The molecule has 1 aliphatic rings. The third-order valence-corrected chi connectivity index (χ3v) is 3.25. The van der Waals surface area contributed by atoms with Gasteiger partial charge in [0.1, 0.15) is 6.04 Å². The second kappa shape index (κ2) is 6.59. The molecule has 1 aliphatic heterocycles. The van der Waals surface area contributed by atoms with E-state index in [2.05, 4.69) is 17.6 Å². The Morgan fingerprint density at radius 3 is 2.88 bits per heavy atom. The molecule has 1 heterocycles. The smallest absolute Gasteiger partial charge is 0.242 e. The van der Waals surface area contributed by atoms with Gasteiger partial charge in [-0.15, -0.1) is 0 Å². The van der Waals surface area contributed by atoms with Gasteiger partial charge in [-0.25, -0.2) is 0 Å². The number of amides is 2. The fraction of sp³-hybridized carbons (Fsp3) is 0.833. The predicted molar refractivity (Wildman–Crippen MR) is 66.6 cm³/mol. The molecule has 0 spiro atoms. The topological polar surface area (TPSA) is 61.4 Å². The van der Waals surface area contributed by atoms with E-state index in [0.717, 1.165) is 6.42 Å². The lowest BCUT2D eigenvalue weighted by Gasteiger charge is -2.34. The minimum atomic E-state index is -0.296. The average molecular weight is 241 g/mol. The highest BCUT2D eigenvalue weighted by molar-refractivity contribution is 5.89. The van der Waals surface area contributed by atoms with Crippen molar-refractivity contribution in [3.05, 3.63) is 0 Å². The van der Waals surface area contributed by atoms with E-state index in [1.54, 1.807) is 4.90 Å². The molecule has 0 aromatic rings. The van der Waals surface area contributed by atoms with Crippen molar-refractivity contribution in [2.75, 3.05) is 19.6 Å². The van der Waals surface area contributed by atoms with E-state index in [1.807, 2.05) is 13.8 Å². The summed E-state index contributed by atoms with van der Waals surface area (Å²) >= 11 is 0. The minimum absolute atomic E-state index is 0.0204. The maximum Gasteiger partial charge on any atom is 0.242 e. The molecule has 5 heteroatoms. The van der Waals surface area contributed by atoms with Crippen molar-refractivity contribution in [1.29, 1.82) is 0 Å². The molecule has 5 nitrogen and oxygen atoms in total. The van der Waals surface area contributed by atoms with E-state index in [4.69, 9.17) is 0 Å². The van der Waals surface area contributed by atoms with E-state index >= 15 is 0 Å². The molecular weight excluding hydrogens is 218 g/mol. The van der Waals surface area contributed by atoms with Gasteiger partial charge in [-0.3, -0.25) is 9.59 Å². The van der Waals surface area contributed by atoms with Crippen LogP contribution < -0.4 is 10.6 Å². The van der Waals surface area contributed by atoms with Gasteiger partial charge >= 0.3 is 0 Å². The third-order valence-electron chi connectivity index (χ3n) is 3.25. The summed E-state index contributed by atoms with van der Waals surface area (Å²) in [5, 5.41) is 5.96. The van der Waals surface area contributed by atoms with Gasteiger partial charge in [0.15, 0.2) is 0 Å². The van der Waals surface area contributed by atoms with Crippen LogP contribution >= 0.6 is 0 Å². The minimum Gasteiger partial charge on any atom is -0.353 e. The first-order valence-electron chi connectivity index (χ1n) is 6.40. The van der Waals surface area contributed by atoms with Gasteiger partial charge in [-0.1, -0.05) is 13.8 Å². The Hall–Kier alpha value is -1.10. The summed E-state index contributed by atoms with van der Waals surface area (Å²) in [5.74, 6) is -0.0114. The Bertz CT molecular complexity index is 281. The molecular formula is C12H23N3O2. The predicted octanol–water partition coefficient (Wildman–Crippen LogP) is 0.112. The van der Waals surface area contributed by atoms with E-state index in [9.17, 15) is 9.59 Å². The number of nitrogens with zero attached hydrogens (tertiary/aromatic N) is 1. The quantitative estimate of drug-likeness (QED) is 0.718. The Balaban J connectivity index is 2.51. The Morgan fingerprint density at radius 2 is 2.29 bits per heavy atom. The molecule has 2 unspecified atom stereocenters. The Morgan fingerprint density at radius 1 is 1.59 bits per heavy atom. The summed E-state index contributed by atoms with van der Waals surface area (Å²) in [6.45, 7) is 7.55. The number of rotatable bonds is 5. The van der Waals surface area contributed by atoms with Crippen LogP contribution in [-0.2, 0) is 9.59 Å². The number of carbonyl (C=O) groups is 2. The average Bonchev–Trinajstić information content (AvgIpc) is 2.35. The SMILES string of the molecule is CCC(C)NCC(=O)N1CCNC(=O)C1CC. The maximum absolute atomic E-state index is 12.0. The van der Waals surface area contributed by atoms with Gasteiger partial charge in [0.05, 0.1) is 6.54 Å². The molecule has 1 saturated heterocycles. The zero-order valence-corrected chi connectivity index (χ0v) is 11.0. The highest BCUT2D eigenvalue weighted by atomic mass is 16.2. The Kier molecular flexibility index (Phi) is 5.41. The second-order valence-corrected chi connectivity index (χ2v) is 4.49. The van der Waals surface area contributed by atoms with Crippen LogP contribution in [0.3, 0.4) is 0 Å². The first kappa shape index (κ1) is 14.0. The van der Waals surface area contributed by atoms with Crippen LogP contribution in [0.1, 0.15) is 33.6 Å². The van der Waals surface area contributed by atoms with Crippen molar-refractivity contribution in [1.82, 2.24) is 15.5 Å². The molecule has 17 heavy (non-hydrogen) atoms. The Labute approximate surface area is 103 Å². The molecule has 0 aromatic carbocycles. The standard InChI is InChI=1S/C12H23N3O2/c1-4-9(3)14-8-11(16)15-7-6-13-12(17)10(15)5-2/h9-10,14H,4-8H2,1-3H3,(H,13,17). The van der Waals surface area contributed by atoms with Crippen LogP contribution in [0.5, 0.6) is 0 Å². The zero-order chi connectivity index (χ0) is 12.8. The molecule has 2 amide bonds. The summed E-state index contributed by atoms with van der Waals surface area (Å²) in [7, 11) is 0. The summed E-state index contributed by atoms with van der Waals surface area (Å²) in [4.78, 5) is 25.3. The zero-order valence-electron chi connectivity index (χ0n) is 11.0. The second-order valence-electron chi connectivity index (χ2n) is 4.49. The molecule has 0 saturated carbocycles. The van der Waals surface area contributed by atoms with Crippen molar-refractivity contribution in [2.24, 2.45) is 0 Å². The van der Waals surface area contributed by atoms with Crippen molar-refractivity contribution in [3.8, 4) is 0 Å². The van der Waals surface area contributed by atoms with Gasteiger partial charge in [0.25, 0.3) is 0 Å². The molecule has 2 N–H and O–H groups in total.